The highest BCUT2D eigenvalue weighted by atomic mass is 79.9. The Morgan fingerprint density at radius 2 is 0.716 bits per heavy atom. The summed E-state index contributed by atoms with van der Waals surface area (Å²) in [5.41, 5.74) is 10.3. The molecule has 0 N–H and O–H groups in total. The Labute approximate surface area is 484 Å². The summed E-state index contributed by atoms with van der Waals surface area (Å²) in [5, 5.41) is 22.5. The molecule has 0 saturated heterocycles. The molecule has 0 radical (unpaired) electrons. The minimum absolute atomic E-state index is 1.10. The Balaban J connectivity index is 0.000000112. The molecule has 4 heteroatoms. The lowest BCUT2D eigenvalue weighted by Gasteiger charge is -2.12. The van der Waals surface area contributed by atoms with Crippen molar-refractivity contribution >= 4 is 161 Å². The molecule has 380 valence electrons. The third-order valence-electron chi connectivity index (χ3n) is 16.6. The number of fused-ring (bicyclic) bond motifs is 22. The van der Waals surface area contributed by atoms with Gasteiger partial charge in [-0.05, 0) is 159 Å². The Kier molecular flexibility index (Phi) is 11.6. The van der Waals surface area contributed by atoms with Crippen molar-refractivity contribution < 1.29 is 0 Å². The lowest BCUT2D eigenvalue weighted by Crippen LogP contribution is -1.92. The number of aromatic nitrogens is 1. The highest BCUT2D eigenvalue weighted by Gasteiger charge is 2.16. The van der Waals surface area contributed by atoms with Crippen LogP contribution in [0.1, 0.15) is 11.1 Å². The molecule has 0 saturated carbocycles. The first-order valence-corrected chi connectivity index (χ1v) is 30.0. The Morgan fingerprint density at radius 1 is 0.321 bits per heavy atom. The van der Waals surface area contributed by atoms with E-state index in [1.54, 1.807) is 0 Å². The molecule has 81 heavy (non-hydrogen) atoms. The van der Waals surface area contributed by atoms with Crippen molar-refractivity contribution in [3.05, 3.63) is 289 Å². The van der Waals surface area contributed by atoms with E-state index in [1.165, 1.54) is 155 Å². The van der Waals surface area contributed by atoms with Crippen LogP contribution in [-0.4, -0.2) is 4.57 Å². The molecule has 18 rings (SSSR count). The smallest absolute Gasteiger partial charge is 0.0707 e. The first kappa shape index (κ1) is 47.8. The quantitative estimate of drug-likeness (QED) is 0.155. The zero-order valence-corrected chi connectivity index (χ0v) is 47.1. The monoisotopic (exact) mass is 1130 g/mol. The van der Waals surface area contributed by atoms with Crippen LogP contribution >= 0.6 is 38.6 Å². The summed E-state index contributed by atoms with van der Waals surface area (Å²) in [7, 11) is 0. The van der Waals surface area contributed by atoms with Crippen LogP contribution in [0.15, 0.2) is 278 Å². The zero-order valence-electron chi connectivity index (χ0n) is 43.9. The van der Waals surface area contributed by atoms with Gasteiger partial charge in [0.05, 0.1) is 10.2 Å². The van der Waals surface area contributed by atoms with Gasteiger partial charge >= 0.3 is 0 Å². The second-order valence-electron chi connectivity index (χ2n) is 21.1. The minimum Gasteiger partial charge on any atom is -0.315 e. The van der Waals surface area contributed by atoms with E-state index in [0.717, 1.165) is 10.9 Å². The van der Waals surface area contributed by atoms with E-state index < -0.39 is 0 Å². The SMILES string of the molecule is Brc1ccc(-c2ccc3c4ccccc4c4ccccc4c3c2)cc1.C1=Cc2ccc3c(sc4ccccc43)c2C1.c1ccc2c(c1)sc1c2ccc2ccn(-c3ccc(-c4ccc5c6ccccc6c6ccccc6c5c4)cc3)c21. The number of nitrogens with zero attached hydrogens (tertiary/aromatic N) is 1. The van der Waals surface area contributed by atoms with E-state index in [2.05, 4.69) is 300 Å². The van der Waals surface area contributed by atoms with Crippen molar-refractivity contribution in [2.45, 2.75) is 6.42 Å². The fraction of sp³-hybridized carbons (Fsp3) is 0.0130. The van der Waals surface area contributed by atoms with Crippen LogP contribution in [0.4, 0.5) is 0 Å². The highest BCUT2D eigenvalue weighted by Crippen LogP contribution is 2.43. The van der Waals surface area contributed by atoms with Gasteiger partial charge in [0.25, 0.3) is 0 Å². The highest BCUT2D eigenvalue weighted by molar-refractivity contribution is 9.10. The molecule has 0 fully saturated rings. The predicted molar refractivity (Wildman–Crippen MR) is 358 cm³/mol. The van der Waals surface area contributed by atoms with Gasteiger partial charge in [0.1, 0.15) is 0 Å². The lowest BCUT2D eigenvalue weighted by molar-refractivity contribution is 1.13. The molecular formula is C77H48BrNS2. The number of halogens is 1. The summed E-state index contributed by atoms with van der Waals surface area (Å²) < 4.78 is 9.01. The van der Waals surface area contributed by atoms with Crippen LogP contribution < -0.4 is 0 Å². The van der Waals surface area contributed by atoms with Gasteiger partial charge in [-0.2, -0.15) is 0 Å². The molecule has 1 nitrogen and oxygen atoms in total. The molecule has 1 aliphatic rings. The molecule has 14 aromatic carbocycles. The van der Waals surface area contributed by atoms with E-state index in [4.69, 9.17) is 0 Å². The summed E-state index contributed by atoms with van der Waals surface area (Å²) in [6, 6.07) is 94.9. The van der Waals surface area contributed by atoms with E-state index in [1.807, 2.05) is 22.7 Å². The van der Waals surface area contributed by atoms with Gasteiger partial charge in [-0.3, -0.25) is 0 Å². The van der Waals surface area contributed by atoms with Crippen LogP contribution in [0.2, 0.25) is 0 Å². The van der Waals surface area contributed by atoms with Crippen molar-refractivity contribution in [1.82, 2.24) is 4.57 Å². The van der Waals surface area contributed by atoms with Gasteiger partial charge in [0, 0.05) is 57.4 Å². The van der Waals surface area contributed by atoms with Gasteiger partial charge in [0.2, 0.25) is 0 Å². The predicted octanol–water partition coefficient (Wildman–Crippen LogP) is 23.3. The normalized spacial score (nSPS) is 12.2. The third-order valence-corrected chi connectivity index (χ3v) is 19.6. The Bertz CT molecular complexity index is 5320. The van der Waals surface area contributed by atoms with Crippen molar-refractivity contribution in [2.75, 3.05) is 0 Å². The molecule has 17 aromatic rings. The number of hydrogen-bond acceptors (Lipinski definition) is 2. The molecule has 0 atom stereocenters. The number of allylic oxidation sites excluding steroid dienone is 1. The molecule has 0 aliphatic heterocycles. The Hall–Kier alpha value is -9.16. The number of benzene rings is 14. The maximum atomic E-state index is 3.52. The van der Waals surface area contributed by atoms with Crippen LogP contribution in [0.5, 0.6) is 0 Å². The average Bonchev–Trinajstić information content (AvgIpc) is 4.45. The van der Waals surface area contributed by atoms with Gasteiger partial charge in [0.15, 0.2) is 0 Å². The first-order chi connectivity index (χ1) is 40.1. The zero-order chi connectivity index (χ0) is 53.5. The van der Waals surface area contributed by atoms with Crippen molar-refractivity contribution in [3.8, 4) is 27.9 Å². The van der Waals surface area contributed by atoms with Gasteiger partial charge < -0.3 is 4.57 Å². The van der Waals surface area contributed by atoms with Gasteiger partial charge in [-0.1, -0.05) is 234 Å². The van der Waals surface area contributed by atoms with E-state index in [0.29, 0.717) is 0 Å². The molecule has 3 aromatic heterocycles. The van der Waals surface area contributed by atoms with Gasteiger partial charge in [-0.15, -0.1) is 22.7 Å². The second-order valence-corrected chi connectivity index (χ2v) is 24.2. The number of thiophene rings is 2. The van der Waals surface area contributed by atoms with Crippen molar-refractivity contribution in [1.29, 1.82) is 0 Å². The van der Waals surface area contributed by atoms with E-state index in [9.17, 15) is 0 Å². The van der Waals surface area contributed by atoms with Crippen LogP contribution in [0.3, 0.4) is 0 Å². The van der Waals surface area contributed by atoms with E-state index in [-0.39, 0.29) is 0 Å². The van der Waals surface area contributed by atoms with Crippen LogP contribution in [-0.2, 0) is 6.42 Å². The topological polar surface area (TPSA) is 4.93 Å². The fourth-order valence-electron chi connectivity index (χ4n) is 12.8. The lowest BCUT2D eigenvalue weighted by atomic mass is 9.92. The number of hydrogen-bond donors (Lipinski definition) is 0. The van der Waals surface area contributed by atoms with Crippen molar-refractivity contribution in [2.24, 2.45) is 0 Å². The average molecular weight is 1130 g/mol. The fourth-order valence-corrected chi connectivity index (χ4v) is 15.6. The molecular weight excluding hydrogens is 1080 g/mol. The molecule has 0 bridgehead atoms. The maximum absolute atomic E-state index is 3.52. The summed E-state index contributed by atoms with van der Waals surface area (Å²) in [6.07, 6.45) is 7.80. The minimum atomic E-state index is 1.10. The molecule has 3 heterocycles. The first-order valence-electron chi connectivity index (χ1n) is 27.6. The second kappa shape index (κ2) is 19.6. The summed E-state index contributed by atoms with van der Waals surface area (Å²) in [6.45, 7) is 0. The molecule has 0 amide bonds. The van der Waals surface area contributed by atoms with Crippen molar-refractivity contribution in [3.63, 3.8) is 0 Å². The standard InChI is InChI=1S/C38H23NS.C24H15Br.C15H10S/c1-2-9-30-28(7-1)29-8-3-4-10-31(29)35-23-26(16-19-32(30)35)24-13-17-27(18-14-24)39-22-21-25-15-20-34-33-11-5-6-12-36(33)40-38(34)37(25)39;25-18-12-9-16(10-13-18)17-11-14-23-21-7-2-1-5-19(21)20-6-3-4-8-22(20)24(23)15-17;1-2-7-14-12(5-1)13-9-8-10-4-3-6-11(10)15(13)16-14/h1-23H;1-15H;1-5,7-9H,6H2. The van der Waals surface area contributed by atoms with Crippen LogP contribution in [0, 0.1) is 0 Å². The molecule has 1 aliphatic carbocycles. The molecule has 0 unspecified atom stereocenters. The summed E-state index contributed by atoms with van der Waals surface area (Å²) in [4.78, 5) is 0. The summed E-state index contributed by atoms with van der Waals surface area (Å²) in [5.74, 6) is 0. The van der Waals surface area contributed by atoms with Crippen LogP contribution in [0.25, 0.3) is 150 Å². The summed E-state index contributed by atoms with van der Waals surface area (Å²) >= 11 is 7.33. The maximum Gasteiger partial charge on any atom is 0.0707 e. The Morgan fingerprint density at radius 3 is 1.23 bits per heavy atom. The van der Waals surface area contributed by atoms with Gasteiger partial charge in [-0.25, -0.2) is 0 Å². The third kappa shape index (κ3) is 8.08. The largest absolute Gasteiger partial charge is 0.315 e. The number of rotatable bonds is 3. The van der Waals surface area contributed by atoms with E-state index >= 15 is 0 Å². The molecule has 0 spiro atoms.